The van der Waals surface area contributed by atoms with E-state index in [-0.39, 0.29) is 6.54 Å². The first kappa shape index (κ1) is 12.4. The molecule has 0 aromatic heterocycles. The van der Waals surface area contributed by atoms with Gasteiger partial charge in [0.1, 0.15) is 0 Å². The number of carbonyl (C=O) groups is 2. The second-order valence-electron chi connectivity index (χ2n) is 2.86. The maximum atomic E-state index is 11.0. The highest BCUT2D eigenvalue weighted by atomic mass is 16.4. The van der Waals surface area contributed by atoms with Gasteiger partial charge >= 0.3 is 12.0 Å². The summed E-state index contributed by atoms with van der Waals surface area (Å²) in [5, 5.41) is 21.5. The highest BCUT2D eigenvalue weighted by molar-refractivity contribution is 5.82. The number of rotatable bonds is 5. The van der Waals surface area contributed by atoms with Gasteiger partial charge in [-0.3, -0.25) is 0 Å². The Morgan fingerprint density at radius 2 is 2.07 bits per heavy atom. The number of aliphatic hydroxyl groups is 1. The van der Waals surface area contributed by atoms with Gasteiger partial charge in [0, 0.05) is 6.54 Å². The molecule has 0 aromatic carbocycles. The number of carboxylic acid groups (broad SMARTS) is 1. The molecule has 0 fully saturated rings. The van der Waals surface area contributed by atoms with Gasteiger partial charge in [0.25, 0.3) is 0 Å². The van der Waals surface area contributed by atoms with Crippen LogP contribution in [0.15, 0.2) is 12.2 Å². The Labute approximate surface area is 81.6 Å². The van der Waals surface area contributed by atoms with E-state index in [1.165, 1.54) is 0 Å². The number of hydrogen-bond donors (Lipinski definition) is 4. The highest BCUT2D eigenvalue weighted by Gasteiger charge is 2.17. The lowest BCUT2D eigenvalue weighted by molar-refractivity contribution is -0.140. The summed E-state index contributed by atoms with van der Waals surface area (Å²) in [6.45, 7) is 4.90. The van der Waals surface area contributed by atoms with Crippen molar-refractivity contribution in [2.75, 3.05) is 13.2 Å². The molecule has 0 saturated carbocycles. The fourth-order valence-corrected chi connectivity index (χ4v) is 0.626. The largest absolute Gasteiger partial charge is 0.480 e. The first-order valence-corrected chi connectivity index (χ1v) is 3.99. The van der Waals surface area contributed by atoms with E-state index in [1.54, 1.807) is 6.92 Å². The minimum atomic E-state index is -1.28. The lowest BCUT2D eigenvalue weighted by Gasteiger charge is -2.12. The number of nitrogens with one attached hydrogen (secondary N) is 2. The lowest BCUT2D eigenvalue weighted by atomic mass is 10.3. The summed E-state index contributed by atoms with van der Waals surface area (Å²) in [6, 6.07) is -1.92. The summed E-state index contributed by atoms with van der Waals surface area (Å²) >= 11 is 0. The van der Waals surface area contributed by atoms with Crippen molar-refractivity contribution in [3.63, 3.8) is 0 Å². The van der Waals surface area contributed by atoms with E-state index in [9.17, 15) is 9.59 Å². The molecule has 6 heteroatoms. The Morgan fingerprint density at radius 1 is 1.50 bits per heavy atom. The van der Waals surface area contributed by atoms with Crippen molar-refractivity contribution >= 4 is 12.0 Å². The second-order valence-corrected chi connectivity index (χ2v) is 2.86. The predicted octanol–water partition coefficient (Wildman–Crippen LogP) is -0.693. The van der Waals surface area contributed by atoms with Crippen LogP contribution in [0.25, 0.3) is 0 Å². The standard InChI is InChI=1S/C8H14N2O4/c1-5(2)3-9-8(14)10-6(4-11)7(12)13/h6,11H,1,3-4H2,2H3,(H,12,13)(H2,9,10,14)/t6-/m1/s1. The van der Waals surface area contributed by atoms with E-state index in [0.29, 0.717) is 0 Å². The van der Waals surface area contributed by atoms with Crippen LogP contribution in [0.4, 0.5) is 4.79 Å². The summed E-state index contributed by atoms with van der Waals surface area (Å²) in [5.41, 5.74) is 0.746. The third kappa shape index (κ3) is 5.15. The minimum Gasteiger partial charge on any atom is -0.480 e. The van der Waals surface area contributed by atoms with Gasteiger partial charge < -0.3 is 20.8 Å². The molecule has 1 atom stereocenters. The Balaban J connectivity index is 3.91. The van der Waals surface area contributed by atoms with Crippen LogP contribution in [0.2, 0.25) is 0 Å². The SMILES string of the molecule is C=C(C)CNC(=O)N[C@H](CO)C(=O)O. The lowest BCUT2D eigenvalue weighted by Crippen LogP contribution is -2.48. The molecule has 0 heterocycles. The fourth-order valence-electron chi connectivity index (χ4n) is 0.626. The first-order valence-electron chi connectivity index (χ1n) is 3.99. The molecule has 4 N–H and O–H groups in total. The van der Waals surface area contributed by atoms with Crippen LogP contribution >= 0.6 is 0 Å². The fraction of sp³-hybridized carbons (Fsp3) is 0.500. The number of amides is 2. The molecule has 0 saturated heterocycles. The average molecular weight is 202 g/mol. The normalized spacial score (nSPS) is 11.6. The van der Waals surface area contributed by atoms with Crippen LogP contribution in [-0.4, -0.2) is 41.4 Å². The number of hydrogen-bond acceptors (Lipinski definition) is 3. The van der Waals surface area contributed by atoms with Crippen molar-refractivity contribution in [2.24, 2.45) is 0 Å². The van der Waals surface area contributed by atoms with Crippen LogP contribution in [0.5, 0.6) is 0 Å². The summed E-state index contributed by atoms with van der Waals surface area (Å²) < 4.78 is 0. The number of carbonyl (C=O) groups excluding carboxylic acids is 1. The maximum absolute atomic E-state index is 11.0. The zero-order valence-electron chi connectivity index (χ0n) is 7.91. The van der Waals surface area contributed by atoms with Gasteiger partial charge in [0.15, 0.2) is 6.04 Å². The number of urea groups is 1. The molecule has 0 spiro atoms. The van der Waals surface area contributed by atoms with Crippen molar-refractivity contribution in [3.8, 4) is 0 Å². The van der Waals surface area contributed by atoms with Gasteiger partial charge in [-0.1, -0.05) is 12.2 Å². The van der Waals surface area contributed by atoms with Crippen molar-refractivity contribution in [2.45, 2.75) is 13.0 Å². The Hall–Kier alpha value is -1.56. The minimum absolute atomic E-state index is 0.267. The Morgan fingerprint density at radius 3 is 2.43 bits per heavy atom. The van der Waals surface area contributed by atoms with Crippen LogP contribution in [-0.2, 0) is 4.79 Å². The van der Waals surface area contributed by atoms with Crippen LogP contribution in [0.1, 0.15) is 6.92 Å². The molecule has 0 bridgehead atoms. The number of aliphatic hydroxyl groups excluding tert-OH is 1. The van der Waals surface area contributed by atoms with Gasteiger partial charge in [0.05, 0.1) is 6.61 Å². The smallest absolute Gasteiger partial charge is 0.328 e. The Kier molecular flexibility index (Phi) is 5.31. The summed E-state index contributed by atoms with van der Waals surface area (Å²) in [4.78, 5) is 21.4. The Bertz CT molecular complexity index is 239. The molecule has 0 radical (unpaired) electrons. The van der Waals surface area contributed by atoms with Gasteiger partial charge in [-0.05, 0) is 6.92 Å². The number of aliphatic carboxylic acids is 1. The van der Waals surface area contributed by atoms with E-state index in [2.05, 4.69) is 17.2 Å². The summed E-state index contributed by atoms with van der Waals surface area (Å²) in [5.74, 6) is -1.28. The molecule has 0 aromatic rings. The van der Waals surface area contributed by atoms with Crippen molar-refractivity contribution in [1.82, 2.24) is 10.6 Å². The average Bonchev–Trinajstić information content (AvgIpc) is 2.10. The van der Waals surface area contributed by atoms with Gasteiger partial charge in [-0.15, -0.1) is 0 Å². The molecule has 80 valence electrons. The molecule has 0 aliphatic rings. The van der Waals surface area contributed by atoms with E-state index >= 15 is 0 Å². The maximum Gasteiger partial charge on any atom is 0.328 e. The third-order valence-electron chi connectivity index (χ3n) is 1.34. The van der Waals surface area contributed by atoms with E-state index in [4.69, 9.17) is 10.2 Å². The van der Waals surface area contributed by atoms with Crippen molar-refractivity contribution < 1.29 is 19.8 Å². The van der Waals surface area contributed by atoms with Crippen LogP contribution in [0.3, 0.4) is 0 Å². The number of carboxylic acids is 1. The summed E-state index contributed by atoms with van der Waals surface area (Å²) in [7, 11) is 0. The van der Waals surface area contributed by atoms with E-state index in [0.717, 1.165) is 5.57 Å². The monoisotopic (exact) mass is 202 g/mol. The molecule has 0 unspecified atom stereocenters. The van der Waals surface area contributed by atoms with E-state index in [1.807, 2.05) is 0 Å². The van der Waals surface area contributed by atoms with Crippen LogP contribution < -0.4 is 10.6 Å². The quantitative estimate of drug-likeness (QED) is 0.443. The zero-order chi connectivity index (χ0) is 11.1. The molecule has 6 nitrogen and oxygen atoms in total. The molecule has 0 rings (SSSR count). The first-order chi connectivity index (χ1) is 6.47. The van der Waals surface area contributed by atoms with E-state index < -0.39 is 24.6 Å². The molecule has 0 aliphatic carbocycles. The molecule has 0 aliphatic heterocycles. The predicted molar refractivity (Wildman–Crippen MR) is 49.9 cm³/mol. The zero-order valence-corrected chi connectivity index (χ0v) is 7.91. The van der Waals surface area contributed by atoms with Gasteiger partial charge in [-0.25, -0.2) is 9.59 Å². The molecule has 14 heavy (non-hydrogen) atoms. The van der Waals surface area contributed by atoms with Gasteiger partial charge in [-0.2, -0.15) is 0 Å². The topological polar surface area (TPSA) is 98.7 Å². The van der Waals surface area contributed by atoms with Gasteiger partial charge in [0.2, 0.25) is 0 Å². The highest BCUT2D eigenvalue weighted by Crippen LogP contribution is 1.84. The molecular formula is C8H14N2O4. The third-order valence-corrected chi connectivity index (χ3v) is 1.34. The van der Waals surface area contributed by atoms with Crippen LogP contribution in [0, 0.1) is 0 Å². The van der Waals surface area contributed by atoms with Crippen molar-refractivity contribution in [1.29, 1.82) is 0 Å². The summed E-state index contributed by atoms with van der Waals surface area (Å²) in [6.07, 6.45) is 0. The molecule has 2 amide bonds. The molecular weight excluding hydrogens is 188 g/mol. The second kappa shape index (κ2) is 5.98. The van der Waals surface area contributed by atoms with Crippen molar-refractivity contribution in [3.05, 3.63) is 12.2 Å².